The van der Waals surface area contributed by atoms with Gasteiger partial charge in [-0.3, -0.25) is 10.1 Å². The van der Waals surface area contributed by atoms with E-state index in [1.54, 1.807) is 0 Å². The Kier molecular flexibility index (Phi) is 1.63. The van der Waals surface area contributed by atoms with E-state index in [-0.39, 0.29) is 5.75 Å². The zero-order valence-electron chi connectivity index (χ0n) is 5.39. The first-order chi connectivity index (χ1) is 5.11. The lowest BCUT2D eigenvalue weighted by atomic mass is 10.3. The van der Waals surface area contributed by atoms with E-state index < -0.39 is 16.4 Å². The molecule has 1 aromatic carbocycles. The van der Waals surface area contributed by atoms with Crippen molar-refractivity contribution in [3.05, 3.63) is 28.3 Å². The van der Waals surface area contributed by atoms with Crippen LogP contribution >= 0.6 is 0 Å². The van der Waals surface area contributed by atoms with Crippen LogP contribution in [0.2, 0.25) is 0 Å². The molecular weight excluding hydrogens is 150 g/mol. The van der Waals surface area contributed by atoms with Crippen molar-refractivity contribution in [2.24, 2.45) is 0 Å². The molecule has 2 N–H and O–H groups in total. The van der Waals surface area contributed by atoms with Gasteiger partial charge in [0.1, 0.15) is 5.75 Å². The highest BCUT2D eigenvalue weighted by molar-refractivity contribution is 5.48. The Morgan fingerprint density at radius 1 is 1.36 bits per heavy atom. The molecule has 0 bridgehead atoms. The van der Waals surface area contributed by atoms with Crippen molar-refractivity contribution in [3.8, 4) is 11.5 Å². The van der Waals surface area contributed by atoms with Crippen LogP contribution in [0, 0.1) is 10.1 Å². The molecule has 0 saturated heterocycles. The lowest BCUT2D eigenvalue weighted by molar-refractivity contribution is -0.385. The van der Waals surface area contributed by atoms with E-state index in [0.717, 1.165) is 18.2 Å². The summed E-state index contributed by atoms with van der Waals surface area (Å²) in [5, 5.41) is 27.7. The number of hydrogen-bond donors (Lipinski definition) is 2. The van der Waals surface area contributed by atoms with Crippen molar-refractivity contribution in [2.75, 3.05) is 0 Å². The van der Waals surface area contributed by atoms with Crippen molar-refractivity contribution < 1.29 is 15.1 Å². The number of rotatable bonds is 1. The van der Waals surface area contributed by atoms with Crippen LogP contribution in [0.5, 0.6) is 11.5 Å². The van der Waals surface area contributed by atoms with Gasteiger partial charge in [-0.2, -0.15) is 0 Å². The minimum Gasteiger partial charge on any atom is -0.508 e. The number of aromatic hydroxyl groups is 2. The van der Waals surface area contributed by atoms with Crippen LogP contribution in [-0.2, 0) is 0 Å². The Labute approximate surface area is 61.7 Å². The van der Waals surface area contributed by atoms with E-state index in [4.69, 9.17) is 10.2 Å². The monoisotopic (exact) mass is 155 g/mol. The van der Waals surface area contributed by atoms with Gasteiger partial charge in [0.2, 0.25) is 0 Å². The predicted molar refractivity (Wildman–Crippen MR) is 36.4 cm³/mol. The van der Waals surface area contributed by atoms with E-state index in [9.17, 15) is 10.1 Å². The van der Waals surface area contributed by atoms with Gasteiger partial charge in [-0.1, -0.05) is 0 Å². The maximum Gasteiger partial charge on any atom is 0.310 e. The second kappa shape index (κ2) is 2.45. The molecule has 0 unspecified atom stereocenters. The van der Waals surface area contributed by atoms with Gasteiger partial charge < -0.3 is 10.2 Å². The first kappa shape index (κ1) is 7.33. The molecule has 58 valence electrons. The quantitative estimate of drug-likeness (QED) is 0.468. The van der Waals surface area contributed by atoms with Crippen molar-refractivity contribution in [2.45, 2.75) is 0 Å². The number of phenolic OH excluding ortho intramolecular Hbond substituents is 2. The van der Waals surface area contributed by atoms with Crippen LogP contribution in [0.15, 0.2) is 18.2 Å². The summed E-state index contributed by atoms with van der Waals surface area (Å²) in [6.45, 7) is 0. The van der Waals surface area contributed by atoms with Gasteiger partial charge in [0, 0.05) is 12.1 Å². The molecule has 0 atom stereocenters. The lowest BCUT2D eigenvalue weighted by Crippen LogP contribution is -1.87. The van der Waals surface area contributed by atoms with Crippen molar-refractivity contribution in [1.29, 1.82) is 0 Å². The topological polar surface area (TPSA) is 83.6 Å². The summed E-state index contributed by atoms with van der Waals surface area (Å²) in [4.78, 5) is 9.37. The summed E-state index contributed by atoms with van der Waals surface area (Å²) in [5.74, 6) is -0.733. The first-order valence-electron chi connectivity index (χ1n) is 2.77. The Bertz CT molecular complexity index is 297. The van der Waals surface area contributed by atoms with Gasteiger partial charge in [-0.05, 0) is 6.07 Å². The molecule has 1 rings (SSSR count). The average Bonchev–Trinajstić information content (AvgIpc) is 1.85. The number of hydrogen-bond acceptors (Lipinski definition) is 4. The zero-order valence-corrected chi connectivity index (χ0v) is 5.39. The molecule has 0 fully saturated rings. The largest absolute Gasteiger partial charge is 0.508 e. The van der Waals surface area contributed by atoms with Crippen LogP contribution in [0.25, 0.3) is 0 Å². The molecule has 1 aromatic rings. The summed E-state index contributed by atoms with van der Waals surface area (Å²) in [5.41, 5.74) is -0.414. The Morgan fingerprint density at radius 2 is 2.00 bits per heavy atom. The molecule has 0 aliphatic rings. The summed E-state index contributed by atoms with van der Waals surface area (Å²) < 4.78 is 0. The van der Waals surface area contributed by atoms with Gasteiger partial charge in [0.25, 0.3) is 0 Å². The summed E-state index contributed by atoms with van der Waals surface area (Å²) in [6.07, 6.45) is 0. The van der Waals surface area contributed by atoms with Gasteiger partial charge in [0.15, 0.2) is 5.75 Å². The van der Waals surface area contributed by atoms with E-state index >= 15 is 0 Å². The molecule has 11 heavy (non-hydrogen) atoms. The average molecular weight is 155 g/mol. The highest BCUT2D eigenvalue weighted by Gasteiger charge is 2.11. The molecule has 0 spiro atoms. The smallest absolute Gasteiger partial charge is 0.310 e. The number of nitro groups is 1. The van der Waals surface area contributed by atoms with Crippen LogP contribution in [0.1, 0.15) is 0 Å². The molecule has 0 aliphatic carbocycles. The maximum atomic E-state index is 10.1. The third-order valence-corrected chi connectivity index (χ3v) is 1.16. The van der Waals surface area contributed by atoms with Crippen molar-refractivity contribution in [3.63, 3.8) is 0 Å². The molecule has 0 radical (unpaired) electrons. The highest BCUT2D eigenvalue weighted by atomic mass is 16.6. The van der Waals surface area contributed by atoms with E-state index in [1.165, 1.54) is 0 Å². The van der Waals surface area contributed by atoms with E-state index in [2.05, 4.69) is 0 Å². The standard InChI is InChI=1S/C6H5NO4/c8-4-1-2-5(7(10)11)6(9)3-4/h1-3,8-9H. The summed E-state index contributed by atoms with van der Waals surface area (Å²) in [7, 11) is 0. The summed E-state index contributed by atoms with van der Waals surface area (Å²) in [6, 6.07) is 3.08. The molecule has 0 amide bonds. The van der Waals surface area contributed by atoms with Crippen molar-refractivity contribution >= 4 is 5.69 Å². The van der Waals surface area contributed by atoms with Crippen molar-refractivity contribution in [1.82, 2.24) is 0 Å². The molecule has 0 aliphatic heterocycles. The fourth-order valence-electron chi connectivity index (χ4n) is 0.666. The van der Waals surface area contributed by atoms with Gasteiger partial charge in [-0.25, -0.2) is 0 Å². The number of phenols is 2. The predicted octanol–water partition coefficient (Wildman–Crippen LogP) is 1.01. The molecule has 5 heteroatoms. The minimum atomic E-state index is -0.727. The first-order valence-corrected chi connectivity index (χ1v) is 2.77. The molecule has 0 saturated carbocycles. The SMILES string of the molecule is O=[N+]([O-])c1ccc(O)cc1O. The molecule has 0 aromatic heterocycles. The molecule has 0 heterocycles. The highest BCUT2D eigenvalue weighted by Crippen LogP contribution is 2.28. The zero-order chi connectivity index (χ0) is 8.43. The van der Waals surface area contributed by atoms with Crippen LogP contribution in [-0.4, -0.2) is 15.1 Å². The Hall–Kier alpha value is -1.78. The second-order valence-electron chi connectivity index (χ2n) is 1.93. The van der Waals surface area contributed by atoms with Crippen LogP contribution in [0.4, 0.5) is 5.69 Å². The second-order valence-corrected chi connectivity index (χ2v) is 1.93. The summed E-state index contributed by atoms with van der Waals surface area (Å²) >= 11 is 0. The minimum absolute atomic E-state index is 0.201. The third-order valence-electron chi connectivity index (χ3n) is 1.16. The van der Waals surface area contributed by atoms with Gasteiger partial charge in [-0.15, -0.1) is 0 Å². The van der Waals surface area contributed by atoms with E-state index in [1.807, 2.05) is 0 Å². The van der Waals surface area contributed by atoms with Crippen LogP contribution in [0.3, 0.4) is 0 Å². The lowest BCUT2D eigenvalue weighted by Gasteiger charge is -1.94. The van der Waals surface area contributed by atoms with Crippen LogP contribution < -0.4 is 0 Å². The number of nitrogens with zero attached hydrogens (tertiary/aromatic N) is 1. The van der Waals surface area contributed by atoms with Gasteiger partial charge >= 0.3 is 5.69 Å². The number of nitro benzene ring substituents is 1. The fraction of sp³-hybridized carbons (Fsp3) is 0. The number of benzene rings is 1. The fourth-order valence-corrected chi connectivity index (χ4v) is 0.666. The third kappa shape index (κ3) is 1.37. The Balaban J connectivity index is 3.20. The molecular formula is C6H5NO4. The molecule has 5 nitrogen and oxygen atoms in total. The normalized spacial score (nSPS) is 9.45. The van der Waals surface area contributed by atoms with Gasteiger partial charge in [0.05, 0.1) is 4.92 Å². The maximum absolute atomic E-state index is 10.1. The van der Waals surface area contributed by atoms with E-state index in [0.29, 0.717) is 0 Å². The Morgan fingerprint density at radius 3 is 2.45 bits per heavy atom.